The second-order valence-corrected chi connectivity index (χ2v) is 7.59. The fourth-order valence-electron chi connectivity index (χ4n) is 3.59. The first-order chi connectivity index (χ1) is 13.2. The van der Waals surface area contributed by atoms with Crippen molar-refractivity contribution in [2.75, 3.05) is 32.4 Å². The summed E-state index contributed by atoms with van der Waals surface area (Å²) in [4.78, 5) is 21.9. The van der Waals surface area contributed by atoms with E-state index in [9.17, 15) is 4.79 Å². The number of piperazine rings is 1. The highest BCUT2D eigenvalue weighted by Gasteiger charge is 2.22. The molecule has 27 heavy (non-hydrogen) atoms. The van der Waals surface area contributed by atoms with Crippen LogP contribution < -0.4 is 0 Å². The lowest BCUT2D eigenvalue weighted by Gasteiger charge is -2.35. The van der Waals surface area contributed by atoms with Gasteiger partial charge in [-0.15, -0.1) is 0 Å². The van der Waals surface area contributed by atoms with Crippen LogP contribution in [0, 0.1) is 0 Å². The van der Waals surface area contributed by atoms with Gasteiger partial charge in [0, 0.05) is 32.7 Å². The summed E-state index contributed by atoms with van der Waals surface area (Å²) < 4.78 is 2.04. The van der Waals surface area contributed by atoms with Gasteiger partial charge in [-0.3, -0.25) is 9.69 Å². The van der Waals surface area contributed by atoms with Gasteiger partial charge < -0.3 is 9.47 Å². The van der Waals surface area contributed by atoms with Crippen molar-refractivity contribution in [2.45, 2.75) is 18.2 Å². The van der Waals surface area contributed by atoms with Crippen LogP contribution in [-0.2, 0) is 17.9 Å². The van der Waals surface area contributed by atoms with Crippen molar-refractivity contribution in [1.29, 1.82) is 0 Å². The van der Waals surface area contributed by atoms with Crippen LogP contribution in [0.15, 0.2) is 59.8 Å². The standard InChI is InChI=1S/C21H24N4OS/c1-27-21-22-18-9-5-6-10-19(18)25(21)16-20(26)24-13-11-23(12-14-24)15-17-7-3-2-4-8-17/h2-10H,11-16H2,1H3. The lowest BCUT2D eigenvalue weighted by Crippen LogP contribution is -2.49. The summed E-state index contributed by atoms with van der Waals surface area (Å²) >= 11 is 1.58. The number of thioether (sulfide) groups is 1. The Balaban J connectivity index is 1.39. The molecule has 5 nitrogen and oxygen atoms in total. The Hall–Kier alpha value is -2.31. The first-order valence-corrected chi connectivity index (χ1v) is 10.5. The molecule has 4 rings (SSSR count). The average molecular weight is 381 g/mol. The highest BCUT2D eigenvalue weighted by atomic mass is 32.2. The van der Waals surface area contributed by atoms with E-state index >= 15 is 0 Å². The van der Waals surface area contributed by atoms with Crippen LogP contribution in [0.3, 0.4) is 0 Å². The Morgan fingerprint density at radius 2 is 1.70 bits per heavy atom. The van der Waals surface area contributed by atoms with Gasteiger partial charge in [0.1, 0.15) is 6.54 Å². The van der Waals surface area contributed by atoms with E-state index in [1.54, 1.807) is 11.8 Å². The predicted octanol–water partition coefficient (Wildman–Crippen LogP) is 3.10. The monoisotopic (exact) mass is 380 g/mol. The largest absolute Gasteiger partial charge is 0.339 e. The van der Waals surface area contributed by atoms with Gasteiger partial charge in [-0.25, -0.2) is 4.98 Å². The van der Waals surface area contributed by atoms with Crippen molar-refractivity contribution in [3.05, 3.63) is 60.2 Å². The van der Waals surface area contributed by atoms with Crippen molar-refractivity contribution in [2.24, 2.45) is 0 Å². The molecule has 1 amide bonds. The normalized spacial score (nSPS) is 15.4. The summed E-state index contributed by atoms with van der Waals surface area (Å²) in [6.07, 6.45) is 2.00. The molecule has 1 saturated heterocycles. The molecule has 140 valence electrons. The van der Waals surface area contributed by atoms with E-state index in [0.717, 1.165) is 48.9 Å². The number of amides is 1. The third kappa shape index (κ3) is 4.01. The van der Waals surface area contributed by atoms with Crippen LogP contribution in [0.2, 0.25) is 0 Å². The molecule has 1 aromatic heterocycles. The summed E-state index contributed by atoms with van der Waals surface area (Å²) in [7, 11) is 0. The number of carbonyl (C=O) groups excluding carboxylic acids is 1. The van der Waals surface area contributed by atoms with Gasteiger partial charge in [-0.2, -0.15) is 0 Å². The molecule has 3 aromatic rings. The smallest absolute Gasteiger partial charge is 0.242 e. The Kier molecular flexibility index (Phi) is 5.45. The van der Waals surface area contributed by atoms with Gasteiger partial charge in [0.05, 0.1) is 11.0 Å². The van der Waals surface area contributed by atoms with Gasteiger partial charge in [-0.1, -0.05) is 54.2 Å². The molecular formula is C21H24N4OS. The fraction of sp³-hybridized carbons (Fsp3) is 0.333. The number of fused-ring (bicyclic) bond motifs is 1. The zero-order valence-corrected chi connectivity index (χ0v) is 16.4. The van der Waals surface area contributed by atoms with E-state index in [-0.39, 0.29) is 5.91 Å². The predicted molar refractivity (Wildman–Crippen MR) is 110 cm³/mol. The minimum Gasteiger partial charge on any atom is -0.339 e. The highest BCUT2D eigenvalue weighted by Crippen LogP contribution is 2.22. The Morgan fingerprint density at radius 3 is 2.44 bits per heavy atom. The molecule has 0 aliphatic carbocycles. The molecular weight excluding hydrogens is 356 g/mol. The molecule has 0 radical (unpaired) electrons. The van der Waals surface area contributed by atoms with E-state index < -0.39 is 0 Å². The first-order valence-electron chi connectivity index (χ1n) is 9.28. The van der Waals surface area contributed by atoms with Gasteiger partial charge in [-0.05, 0) is 24.0 Å². The molecule has 2 aromatic carbocycles. The number of aromatic nitrogens is 2. The van der Waals surface area contributed by atoms with Gasteiger partial charge in [0.15, 0.2) is 5.16 Å². The quantitative estimate of drug-likeness (QED) is 0.638. The second-order valence-electron chi connectivity index (χ2n) is 6.82. The zero-order chi connectivity index (χ0) is 18.6. The minimum atomic E-state index is 0.174. The molecule has 0 spiro atoms. The van der Waals surface area contributed by atoms with E-state index in [1.807, 2.05) is 46.1 Å². The SMILES string of the molecule is CSc1nc2ccccc2n1CC(=O)N1CCN(Cc2ccccc2)CC1. The summed E-state index contributed by atoms with van der Waals surface area (Å²) in [5.41, 5.74) is 3.30. The number of rotatable bonds is 5. The summed E-state index contributed by atoms with van der Waals surface area (Å²) in [5, 5.41) is 0.896. The van der Waals surface area contributed by atoms with Gasteiger partial charge >= 0.3 is 0 Å². The number of hydrogen-bond donors (Lipinski definition) is 0. The number of nitrogens with zero attached hydrogens (tertiary/aromatic N) is 4. The van der Waals surface area contributed by atoms with E-state index in [0.29, 0.717) is 6.54 Å². The van der Waals surface area contributed by atoms with Gasteiger partial charge in [0.25, 0.3) is 0 Å². The minimum absolute atomic E-state index is 0.174. The Morgan fingerprint density at radius 1 is 1.00 bits per heavy atom. The van der Waals surface area contributed by atoms with Crippen molar-refractivity contribution in [3.63, 3.8) is 0 Å². The fourth-order valence-corrected chi connectivity index (χ4v) is 4.17. The molecule has 1 fully saturated rings. The van der Waals surface area contributed by atoms with Gasteiger partial charge in [0.2, 0.25) is 5.91 Å². The molecule has 1 aliphatic heterocycles. The third-order valence-electron chi connectivity index (χ3n) is 5.07. The van der Waals surface area contributed by atoms with E-state index in [2.05, 4.69) is 34.1 Å². The van der Waals surface area contributed by atoms with Crippen LogP contribution in [0.4, 0.5) is 0 Å². The van der Waals surface area contributed by atoms with Crippen molar-refractivity contribution < 1.29 is 4.79 Å². The maximum atomic E-state index is 12.9. The molecule has 0 unspecified atom stereocenters. The Labute approximate surface area is 164 Å². The number of imidazole rings is 1. The molecule has 6 heteroatoms. The molecule has 2 heterocycles. The topological polar surface area (TPSA) is 41.4 Å². The molecule has 0 atom stereocenters. The van der Waals surface area contributed by atoms with Crippen LogP contribution in [-0.4, -0.2) is 57.7 Å². The summed E-state index contributed by atoms with van der Waals surface area (Å²) in [5.74, 6) is 0.174. The zero-order valence-electron chi connectivity index (χ0n) is 15.5. The van der Waals surface area contributed by atoms with Crippen molar-refractivity contribution >= 4 is 28.7 Å². The van der Waals surface area contributed by atoms with Crippen LogP contribution in [0.25, 0.3) is 11.0 Å². The number of hydrogen-bond acceptors (Lipinski definition) is 4. The molecule has 1 aliphatic rings. The number of benzene rings is 2. The third-order valence-corrected chi connectivity index (χ3v) is 5.75. The van der Waals surface area contributed by atoms with Crippen LogP contribution >= 0.6 is 11.8 Å². The molecule has 0 bridgehead atoms. The highest BCUT2D eigenvalue weighted by molar-refractivity contribution is 7.98. The summed E-state index contributed by atoms with van der Waals surface area (Å²) in [6, 6.07) is 18.5. The van der Waals surface area contributed by atoms with E-state index in [1.165, 1.54) is 5.56 Å². The van der Waals surface area contributed by atoms with Crippen molar-refractivity contribution in [1.82, 2.24) is 19.4 Å². The average Bonchev–Trinajstić information content (AvgIpc) is 3.07. The maximum Gasteiger partial charge on any atom is 0.242 e. The van der Waals surface area contributed by atoms with E-state index in [4.69, 9.17) is 0 Å². The van der Waals surface area contributed by atoms with Crippen LogP contribution in [0.5, 0.6) is 0 Å². The number of carbonyl (C=O) groups is 1. The van der Waals surface area contributed by atoms with Crippen LogP contribution in [0.1, 0.15) is 5.56 Å². The molecule has 0 saturated carbocycles. The Bertz CT molecular complexity index is 916. The lowest BCUT2D eigenvalue weighted by molar-refractivity contribution is -0.133. The maximum absolute atomic E-state index is 12.9. The molecule has 0 N–H and O–H groups in total. The summed E-state index contributed by atoms with van der Waals surface area (Å²) in [6.45, 7) is 4.71. The lowest BCUT2D eigenvalue weighted by atomic mass is 10.2. The first kappa shape index (κ1) is 18.1. The number of para-hydroxylation sites is 2. The van der Waals surface area contributed by atoms with Crippen molar-refractivity contribution in [3.8, 4) is 0 Å². The second kappa shape index (κ2) is 8.15.